The molecular weight excluding hydrogens is 394 g/mol. The zero-order chi connectivity index (χ0) is 13.8. The van der Waals surface area contributed by atoms with Crippen LogP contribution in [0.25, 0.3) is 6.08 Å². The molecule has 0 N–H and O–H groups in total. The molecule has 0 atom stereocenters. The zero-order valence-electron chi connectivity index (χ0n) is 9.68. The first-order chi connectivity index (χ1) is 9.06. The van der Waals surface area contributed by atoms with E-state index in [0.717, 1.165) is 18.7 Å². The van der Waals surface area contributed by atoms with E-state index in [1.165, 1.54) is 11.3 Å². The Morgan fingerprint density at radius 2 is 2.00 bits per heavy atom. The van der Waals surface area contributed by atoms with Gasteiger partial charge >= 0.3 is 0 Å². The fraction of sp³-hybridized carbons (Fsp3) is 0.0769. The smallest absolute Gasteiger partial charge is 0.252 e. The molecule has 0 aliphatic rings. The summed E-state index contributed by atoms with van der Waals surface area (Å²) in [5, 5.41) is 11.1. The molecule has 0 aliphatic heterocycles. The monoisotopic (exact) mass is 401 g/mol. The van der Waals surface area contributed by atoms with Crippen LogP contribution in [0.15, 0.2) is 50.4 Å². The van der Waals surface area contributed by atoms with E-state index < -0.39 is 0 Å². The van der Waals surface area contributed by atoms with Crippen molar-refractivity contribution in [3.05, 3.63) is 70.9 Å². The van der Waals surface area contributed by atoms with Gasteiger partial charge in [0.1, 0.15) is 0 Å². The Morgan fingerprint density at radius 1 is 1.32 bits per heavy atom. The molecule has 3 nitrogen and oxygen atoms in total. The second-order valence-electron chi connectivity index (χ2n) is 3.83. The average Bonchev–Trinajstić information content (AvgIpc) is 2.69. The van der Waals surface area contributed by atoms with Crippen LogP contribution in [0, 0.1) is 10.1 Å². The molecule has 0 fully saturated rings. The highest BCUT2D eigenvalue weighted by atomic mass is 79.9. The summed E-state index contributed by atoms with van der Waals surface area (Å²) < 4.78 is 1.84. The van der Waals surface area contributed by atoms with Crippen molar-refractivity contribution in [3.63, 3.8) is 0 Å². The molecule has 1 aromatic heterocycles. The molecule has 1 aromatic carbocycles. The lowest BCUT2D eigenvalue weighted by atomic mass is 10.1. The zero-order valence-corrected chi connectivity index (χ0v) is 13.7. The third kappa shape index (κ3) is 3.99. The Kier molecular flexibility index (Phi) is 4.90. The number of allylic oxidation sites excluding steroid dienone is 1. The van der Waals surface area contributed by atoms with Crippen LogP contribution < -0.4 is 0 Å². The van der Waals surface area contributed by atoms with Crippen molar-refractivity contribution in [1.29, 1.82) is 0 Å². The second kappa shape index (κ2) is 6.45. The van der Waals surface area contributed by atoms with Gasteiger partial charge in [0, 0.05) is 15.4 Å². The minimum Gasteiger partial charge on any atom is -0.259 e. The van der Waals surface area contributed by atoms with Crippen LogP contribution in [0.4, 0.5) is 0 Å². The molecule has 2 rings (SSSR count). The van der Waals surface area contributed by atoms with E-state index in [9.17, 15) is 10.1 Å². The van der Waals surface area contributed by atoms with E-state index in [0.29, 0.717) is 6.42 Å². The lowest BCUT2D eigenvalue weighted by Crippen LogP contribution is -2.01. The highest BCUT2D eigenvalue weighted by molar-refractivity contribution is 9.13. The first-order valence-corrected chi connectivity index (χ1v) is 7.80. The van der Waals surface area contributed by atoms with Crippen LogP contribution in [0.1, 0.15) is 10.4 Å². The van der Waals surface area contributed by atoms with Crippen molar-refractivity contribution >= 4 is 49.3 Å². The SMILES string of the molecule is O=[N+]([O-])/C(=C/c1cc(Br)c(Br)s1)Cc1ccccc1. The lowest BCUT2D eigenvalue weighted by Gasteiger charge is -1.98. The summed E-state index contributed by atoms with van der Waals surface area (Å²) in [5.41, 5.74) is 1.12. The van der Waals surface area contributed by atoms with Gasteiger partial charge in [-0.2, -0.15) is 0 Å². The van der Waals surface area contributed by atoms with E-state index in [1.807, 2.05) is 36.4 Å². The number of hydrogen-bond acceptors (Lipinski definition) is 3. The molecule has 98 valence electrons. The van der Waals surface area contributed by atoms with Crippen molar-refractivity contribution in [2.75, 3.05) is 0 Å². The van der Waals surface area contributed by atoms with Gasteiger partial charge in [-0.15, -0.1) is 11.3 Å². The minimum atomic E-state index is -0.325. The van der Waals surface area contributed by atoms with Crippen molar-refractivity contribution < 1.29 is 4.92 Å². The maximum atomic E-state index is 11.1. The summed E-state index contributed by atoms with van der Waals surface area (Å²) in [7, 11) is 0. The summed E-state index contributed by atoms with van der Waals surface area (Å²) in [4.78, 5) is 11.6. The van der Waals surface area contributed by atoms with Crippen molar-refractivity contribution in [2.45, 2.75) is 6.42 Å². The fourth-order valence-corrected chi connectivity index (χ4v) is 3.62. The largest absolute Gasteiger partial charge is 0.259 e. The first-order valence-electron chi connectivity index (χ1n) is 5.40. The Bertz CT molecular complexity index is 603. The molecule has 0 bridgehead atoms. The summed E-state index contributed by atoms with van der Waals surface area (Å²) >= 11 is 8.22. The van der Waals surface area contributed by atoms with Crippen molar-refractivity contribution in [1.82, 2.24) is 0 Å². The van der Waals surface area contributed by atoms with Crippen LogP contribution >= 0.6 is 43.2 Å². The third-order valence-corrected chi connectivity index (χ3v) is 5.64. The van der Waals surface area contributed by atoms with Gasteiger partial charge in [0.2, 0.25) is 0 Å². The molecule has 0 spiro atoms. The van der Waals surface area contributed by atoms with Crippen LogP contribution in [-0.4, -0.2) is 4.92 Å². The molecule has 0 saturated carbocycles. The molecule has 0 amide bonds. The summed E-state index contributed by atoms with van der Waals surface area (Å²) in [6.45, 7) is 0. The molecule has 19 heavy (non-hydrogen) atoms. The maximum Gasteiger partial charge on any atom is 0.252 e. The highest BCUT2D eigenvalue weighted by Gasteiger charge is 2.13. The van der Waals surface area contributed by atoms with E-state index >= 15 is 0 Å². The molecule has 0 radical (unpaired) electrons. The van der Waals surface area contributed by atoms with E-state index in [-0.39, 0.29) is 10.6 Å². The number of thiophene rings is 1. The number of halogens is 2. The predicted molar refractivity (Wildman–Crippen MR) is 84.8 cm³/mol. The van der Waals surface area contributed by atoms with Crippen molar-refractivity contribution in [3.8, 4) is 0 Å². The molecule has 0 unspecified atom stereocenters. The number of nitrogens with zero attached hydrogens (tertiary/aromatic N) is 1. The topological polar surface area (TPSA) is 43.1 Å². The number of benzene rings is 1. The summed E-state index contributed by atoms with van der Waals surface area (Å²) in [6.07, 6.45) is 1.94. The lowest BCUT2D eigenvalue weighted by molar-refractivity contribution is -0.425. The van der Waals surface area contributed by atoms with Gasteiger partial charge < -0.3 is 0 Å². The Balaban J connectivity index is 2.28. The van der Waals surface area contributed by atoms with Gasteiger partial charge in [-0.3, -0.25) is 10.1 Å². The van der Waals surface area contributed by atoms with E-state index in [4.69, 9.17) is 0 Å². The average molecular weight is 403 g/mol. The van der Waals surface area contributed by atoms with Crippen LogP contribution in [0.3, 0.4) is 0 Å². The quantitative estimate of drug-likeness (QED) is 0.525. The highest BCUT2D eigenvalue weighted by Crippen LogP contribution is 2.33. The van der Waals surface area contributed by atoms with Gasteiger partial charge in [-0.25, -0.2) is 0 Å². The molecular formula is C13H9Br2NO2S. The first kappa shape index (κ1) is 14.4. The van der Waals surface area contributed by atoms with Gasteiger partial charge in [-0.05, 0) is 43.5 Å². The fourth-order valence-electron chi connectivity index (χ4n) is 1.57. The van der Waals surface area contributed by atoms with Gasteiger partial charge in [0.05, 0.1) is 15.1 Å². The summed E-state index contributed by atoms with van der Waals surface area (Å²) in [6, 6.07) is 11.3. The Labute approximate surface area is 131 Å². The van der Waals surface area contributed by atoms with Gasteiger partial charge in [-0.1, -0.05) is 30.3 Å². The maximum absolute atomic E-state index is 11.1. The van der Waals surface area contributed by atoms with Gasteiger partial charge in [0.15, 0.2) is 0 Å². The molecule has 6 heteroatoms. The number of rotatable bonds is 4. The van der Waals surface area contributed by atoms with E-state index in [1.54, 1.807) is 6.08 Å². The molecule has 1 heterocycles. The second-order valence-corrected chi connectivity index (χ2v) is 7.08. The predicted octanol–water partition coefficient (Wildman–Crippen LogP) is 5.13. The molecule has 2 aromatic rings. The Morgan fingerprint density at radius 3 is 2.53 bits per heavy atom. The van der Waals surface area contributed by atoms with Crippen LogP contribution in [-0.2, 0) is 6.42 Å². The number of nitro groups is 1. The number of hydrogen-bond donors (Lipinski definition) is 0. The normalized spacial score (nSPS) is 11.6. The van der Waals surface area contributed by atoms with E-state index in [2.05, 4.69) is 31.9 Å². The minimum absolute atomic E-state index is 0.187. The van der Waals surface area contributed by atoms with Gasteiger partial charge in [0.25, 0.3) is 5.70 Å². The third-order valence-electron chi connectivity index (χ3n) is 2.44. The standard InChI is InChI=1S/C13H9Br2NO2S/c14-12-8-11(19-13(12)15)7-10(16(17)18)6-9-4-2-1-3-5-9/h1-5,7-8H,6H2/b10-7+. The summed E-state index contributed by atoms with van der Waals surface area (Å²) in [5.74, 6) is 0. The van der Waals surface area contributed by atoms with Crippen molar-refractivity contribution in [2.24, 2.45) is 0 Å². The van der Waals surface area contributed by atoms with Crippen LogP contribution in [0.2, 0.25) is 0 Å². The molecule has 0 saturated heterocycles. The molecule has 0 aliphatic carbocycles. The Hall–Kier alpha value is -0.980. The van der Waals surface area contributed by atoms with Crippen LogP contribution in [0.5, 0.6) is 0 Å².